The minimum absolute atomic E-state index is 0.171. The number of aryl methyl sites for hydroxylation is 4. The molecule has 4 rings (SSSR count). The van der Waals surface area contributed by atoms with Crippen LogP contribution < -0.4 is 4.74 Å². The lowest BCUT2D eigenvalue weighted by molar-refractivity contribution is -0.00109. The second-order valence-electron chi connectivity index (χ2n) is 11.4. The number of rotatable bonds is 14. The summed E-state index contributed by atoms with van der Waals surface area (Å²) in [7, 11) is 0. The van der Waals surface area contributed by atoms with Crippen LogP contribution in [0.5, 0.6) is 5.75 Å². The van der Waals surface area contributed by atoms with Gasteiger partial charge in [0.1, 0.15) is 18.5 Å². The maximum atomic E-state index is 10.4. The Bertz CT molecular complexity index is 1380. The fourth-order valence-electron chi connectivity index (χ4n) is 5.08. The Morgan fingerprint density at radius 1 is 0.690 bits per heavy atom. The van der Waals surface area contributed by atoms with E-state index in [0.29, 0.717) is 35.7 Å². The zero-order valence-corrected chi connectivity index (χ0v) is 26.0. The van der Waals surface area contributed by atoms with Crippen molar-refractivity contribution in [1.82, 2.24) is 15.0 Å². The standard InChI is InChI=1S/C36H45N3O3/c1-7-9-10-28(8-2)21-41-22-30(40)23-42-31-15-13-29(14-16-31)34-37-35(32-17-11-24(3)19-26(32)5)39-36(38-34)33-18-12-25(4)20-27(33)6/h11-20,28,30,40H,7-10,21-23H2,1-6H3. The van der Waals surface area contributed by atoms with Crippen LogP contribution in [0.15, 0.2) is 60.7 Å². The molecule has 222 valence electrons. The van der Waals surface area contributed by atoms with Crippen LogP contribution in [0.25, 0.3) is 34.2 Å². The van der Waals surface area contributed by atoms with E-state index >= 15 is 0 Å². The molecule has 3 aromatic carbocycles. The first-order valence-corrected chi connectivity index (χ1v) is 15.2. The molecular formula is C36H45N3O3. The van der Waals surface area contributed by atoms with Crippen molar-refractivity contribution in [2.24, 2.45) is 5.92 Å². The van der Waals surface area contributed by atoms with Crippen molar-refractivity contribution < 1.29 is 14.6 Å². The van der Waals surface area contributed by atoms with E-state index in [0.717, 1.165) is 34.2 Å². The Hall–Kier alpha value is -3.61. The fourth-order valence-corrected chi connectivity index (χ4v) is 5.08. The van der Waals surface area contributed by atoms with Crippen molar-refractivity contribution in [3.63, 3.8) is 0 Å². The smallest absolute Gasteiger partial charge is 0.164 e. The van der Waals surface area contributed by atoms with Gasteiger partial charge >= 0.3 is 0 Å². The quantitative estimate of drug-likeness (QED) is 0.166. The molecule has 0 radical (unpaired) electrons. The molecule has 0 amide bonds. The first kappa shape index (κ1) is 31.3. The van der Waals surface area contributed by atoms with Crippen molar-refractivity contribution in [1.29, 1.82) is 0 Å². The van der Waals surface area contributed by atoms with Gasteiger partial charge in [0.25, 0.3) is 0 Å². The maximum absolute atomic E-state index is 10.4. The summed E-state index contributed by atoms with van der Waals surface area (Å²) in [5.41, 5.74) is 7.48. The largest absolute Gasteiger partial charge is 0.491 e. The first-order chi connectivity index (χ1) is 20.3. The third-order valence-corrected chi connectivity index (χ3v) is 7.64. The Balaban J connectivity index is 1.50. The predicted molar refractivity (Wildman–Crippen MR) is 171 cm³/mol. The first-order valence-electron chi connectivity index (χ1n) is 15.2. The van der Waals surface area contributed by atoms with Crippen LogP contribution in [0.2, 0.25) is 0 Å². The van der Waals surface area contributed by atoms with Gasteiger partial charge < -0.3 is 14.6 Å². The number of benzene rings is 3. The van der Waals surface area contributed by atoms with E-state index in [4.69, 9.17) is 24.4 Å². The van der Waals surface area contributed by atoms with E-state index in [1.54, 1.807) is 0 Å². The molecule has 6 heteroatoms. The van der Waals surface area contributed by atoms with Gasteiger partial charge in [-0.1, -0.05) is 80.6 Å². The van der Waals surface area contributed by atoms with Crippen molar-refractivity contribution >= 4 is 0 Å². The number of hydrogen-bond donors (Lipinski definition) is 1. The highest BCUT2D eigenvalue weighted by Gasteiger charge is 2.16. The highest BCUT2D eigenvalue weighted by molar-refractivity contribution is 5.69. The highest BCUT2D eigenvalue weighted by Crippen LogP contribution is 2.29. The van der Waals surface area contributed by atoms with E-state index in [-0.39, 0.29) is 13.2 Å². The molecule has 0 aliphatic carbocycles. The summed E-state index contributed by atoms with van der Waals surface area (Å²) in [5.74, 6) is 3.12. The number of aliphatic hydroxyl groups is 1. The average Bonchev–Trinajstić information content (AvgIpc) is 2.98. The predicted octanol–water partition coefficient (Wildman–Crippen LogP) is 8.08. The van der Waals surface area contributed by atoms with Crippen LogP contribution >= 0.6 is 0 Å². The van der Waals surface area contributed by atoms with Gasteiger partial charge in [-0.05, 0) is 75.4 Å². The number of aromatic nitrogens is 3. The molecule has 2 unspecified atom stereocenters. The number of hydrogen-bond acceptors (Lipinski definition) is 6. The van der Waals surface area contributed by atoms with Gasteiger partial charge in [0, 0.05) is 23.3 Å². The molecule has 0 saturated carbocycles. The van der Waals surface area contributed by atoms with Crippen LogP contribution in [-0.4, -0.2) is 46.0 Å². The fraction of sp³-hybridized carbons (Fsp3) is 0.417. The topological polar surface area (TPSA) is 77.4 Å². The average molecular weight is 568 g/mol. The molecule has 2 atom stereocenters. The molecule has 1 aromatic heterocycles. The molecule has 0 saturated heterocycles. The van der Waals surface area contributed by atoms with E-state index in [1.807, 2.05) is 24.3 Å². The van der Waals surface area contributed by atoms with Crippen LogP contribution in [0, 0.1) is 33.6 Å². The number of ether oxygens (including phenoxy) is 2. The summed E-state index contributed by atoms with van der Waals surface area (Å²) in [4.78, 5) is 14.7. The summed E-state index contributed by atoms with van der Waals surface area (Å²) in [6.07, 6.45) is 4.00. The lowest BCUT2D eigenvalue weighted by Crippen LogP contribution is -2.25. The molecule has 0 fully saturated rings. The van der Waals surface area contributed by atoms with Crippen molar-refractivity contribution in [3.05, 3.63) is 82.9 Å². The van der Waals surface area contributed by atoms with Crippen molar-refractivity contribution in [3.8, 4) is 39.9 Å². The van der Waals surface area contributed by atoms with Crippen LogP contribution in [0.3, 0.4) is 0 Å². The molecule has 0 bridgehead atoms. The number of unbranched alkanes of at least 4 members (excludes halogenated alkanes) is 1. The molecule has 6 nitrogen and oxygen atoms in total. The molecule has 4 aromatic rings. The second-order valence-corrected chi connectivity index (χ2v) is 11.4. The van der Waals surface area contributed by atoms with E-state index in [9.17, 15) is 5.11 Å². The number of aliphatic hydroxyl groups excluding tert-OH is 1. The normalized spacial score (nSPS) is 12.7. The van der Waals surface area contributed by atoms with Gasteiger partial charge in [-0.15, -0.1) is 0 Å². The van der Waals surface area contributed by atoms with Crippen LogP contribution in [0.1, 0.15) is 61.8 Å². The summed E-state index contributed by atoms with van der Waals surface area (Å²) >= 11 is 0. The third-order valence-electron chi connectivity index (χ3n) is 7.64. The zero-order valence-electron chi connectivity index (χ0n) is 26.0. The summed E-state index contributed by atoms with van der Waals surface area (Å²) < 4.78 is 11.6. The van der Waals surface area contributed by atoms with Crippen molar-refractivity contribution in [2.45, 2.75) is 73.3 Å². The molecule has 0 spiro atoms. The van der Waals surface area contributed by atoms with Gasteiger partial charge in [0.15, 0.2) is 17.5 Å². The van der Waals surface area contributed by atoms with Gasteiger partial charge in [-0.2, -0.15) is 0 Å². The summed E-state index contributed by atoms with van der Waals surface area (Å²) in [6, 6.07) is 20.3. The van der Waals surface area contributed by atoms with E-state index in [2.05, 4.69) is 77.9 Å². The lowest BCUT2D eigenvalue weighted by atomic mass is 10.0. The van der Waals surface area contributed by atoms with E-state index < -0.39 is 6.10 Å². The molecule has 1 heterocycles. The monoisotopic (exact) mass is 567 g/mol. The van der Waals surface area contributed by atoms with Crippen LogP contribution in [0.4, 0.5) is 0 Å². The minimum atomic E-state index is -0.683. The SMILES string of the molecule is CCCCC(CC)COCC(O)COc1ccc(-c2nc(-c3ccc(C)cc3C)nc(-c3ccc(C)cc3C)n2)cc1. The van der Waals surface area contributed by atoms with Gasteiger partial charge in [0.2, 0.25) is 0 Å². The Morgan fingerprint density at radius 3 is 1.79 bits per heavy atom. The van der Waals surface area contributed by atoms with Crippen molar-refractivity contribution in [2.75, 3.05) is 19.8 Å². The molecule has 0 aliphatic rings. The Labute approximate surface area is 251 Å². The highest BCUT2D eigenvalue weighted by atomic mass is 16.5. The summed E-state index contributed by atoms with van der Waals surface area (Å²) in [6.45, 7) is 13.9. The number of nitrogens with zero attached hydrogens (tertiary/aromatic N) is 3. The molecule has 1 N–H and O–H groups in total. The Morgan fingerprint density at radius 2 is 1.26 bits per heavy atom. The van der Waals surface area contributed by atoms with Gasteiger partial charge in [-0.25, -0.2) is 15.0 Å². The third kappa shape index (κ3) is 8.46. The summed E-state index contributed by atoms with van der Waals surface area (Å²) in [5, 5.41) is 10.4. The maximum Gasteiger partial charge on any atom is 0.164 e. The second kappa shape index (κ2) is 15.0. The minimum Gasteiger partial charge on any atom is -0.491 e. The zero-order chi connectivity index (χ0) is 30.1. The molecular weight excluding hydrogens is 522 g/mol. The molecule has 42 heavy (non-hydrogen) atoms. The Kier molecular flexibility index (Phi) is 11.2. The van der Waals surface area contributed by atoms with Crippen LogP contribution in [-0.2, 0) is 4.74 Å². The molecule has 0 aliphatic heterocycles. The lowest BCUT2D eigenvalue weighted by Gasteiger charge is -2.17. The van der Waals surface area contributed by atoms with E-state index in [1.165, 1.54) is 30.4 Å². The van der Waals surface area contributed by atoms with Gasteiger partial charge in [-0.3, -0.25) is 0 Å². The van der Waals surface area contributed by atoms with Gasteiger partial charge in [0.05, 0.1) is 6.61 Å².